The monoisotopic (exact) mass is 380 g/mol. The van der Waals surface area contributed by atoms with Crippen LogP contribution in [0.1, 0.15) is 17.5 Å². The third kappa shape index (κ3) is 3.55. The zero-order chi connectivity index (χ0) is 19.7. The normalized spacial score (nSPS) is 17.1. The first-order valence-corrected chi connectivity index (χ1v) is 9.33. The molecule has 1 aromatic carbocycles. The van der Waals surface area contributed by atoms with Crippen molar-refractivity contribution in [1.82, 2.24) is 24.6 Å². The van der Waals surface area contributed by atoms with E-state index >= 15 is 0 Å². The van der Waals surface area contributed by atoms with Crippen LogP contribution in [0.5, 0.6) is 0 Å². The Morgan fingerprint density at radius 2 is 2.11 bits per heavy atom. The summed E-state index contributed by atoms with van der Waals surface area (Å²) in [4.78, 5) is 25.4. The minimum Gasteiger partial charge on any atom is -0.368 e. The fourth-order valence-corrected chi connectivity index (χ4v) is 3.49. The molecule has 0 aliphatic carbocycles. The Hall–Kier alpha value is -3.00. The first kappa shape index (κ1) is 18.4. The molecule has 1 amide bonds. The summed E-state index contributed by atoms with van der Waals surface area (Å²) >= 11 is 0. The van der Waals surface area contributed by atoms with E-state index in [9.17, 15) is 4.79 Å². The van der Waals surface area contributed by atoms with Crippen molar-refractivity contribution in [3.63, 3.8) is 0 Å². The number of aromatic nitrogens is 4. The summed E-state index contributed by atoms with van der Waals surface area (Å²) in [6, 6.07) is 9.82. The Bertz CT molecular complexity index is 999. The highest BCUT2D eigenvalue weighted by molar-refractivity contribution is 5.87. The molecule has 1 saturated heterocycles. The Labute approximate surface area is 163 Å². The van der Waals surface area contributed by atoms with Gasteiger partial charge in [-0.3, -0.25) is 9.48 Å². The maximum absolute atomic E-state index is 13.0. The van der Waals surface area contributed by atoms with Gasteiger partial charge >= 0.3 is 0 Å². The van der Waals surface area contributed by atoms with Gasteiger partial charge in [0.05, 0.1) is 36.5 Å². The number of morpholine rings is 1. The highest BCUT2D eigenvalue weighted by atomic mass is 16.5. The maximum Gasteiger partial charge on any atom is 0.228 e. The molecule has 146 valence electrons. The smallest absolute Gasteiger partial charge is 0.228 e. The van der Waals surface area contributed by atoms with Crippen molar-refractivity contribution >= 4 is 22.8 Å². The predicted molar refractivity (Wildman–Crippen MR) is 106 cm³/mol. The van der Waals surface area contributed by atoms with Crippen molar-refractivity contribution in [2.45, 2.75) is 12.5 Å². The quantitative estimate of drug-likeness (QED) is 0.684. The molecule has 8 nitrogen and oxygen atoms in total. The fourth-order valence-electron chi connectivity index (χ4n) is 3.49. The molecule has 0 N–H and O–H groups in total. The summed E-state index contributed by atoms with van der Waals surface area (Å²) in [5.74, 6) is 0.684. The van der Waals surface area contributed by atoms with Gasteiger partial charge in [0.15, 0.2) is 0 Å². The molecule has 4 rings (SSSR count). The summed E-state index contributed by atoms with van der Waals surface area (Å²) in [5.41, 5.74) is 2.63. The number of amides is 1. The molecular formula is C20H24N6O2. The second kappa shape index (κ2) is 7.55. The lowest BCUT2D eigenvalue weighted by atomic mass is 10.1. The van der Waals surface area contributed by atoms with Crippen LogP contribution in [0.2, 0.25) is 0 Å². The molecule has 1 fully saturated rings. The number of ether oxygens (including phenoxy) is 1. The van der Waals surface area contributed by atoms with Crippen LogP contribution in [0.15, 0.2) is 36.5 Å². The van der Waals surface area contributed by atoms with Gasteiger partial charge in [-0.25, -0.2) is 9.97 Å². The zero-order valence-electron chi connectivity index (χ0n) is 16.4. The summed E-state index contributed by atoms with van der Waals surface area (Å²) in [6.45, 7) is 1.54. The highest BCUT2D eigenvalue weighted by Gasteiger charge is 2.27. The number of para-hydroxylation sites is 1. The maximum atomic E-state index is 13.0. The largest absolute Gasteiger partial charge is 0.368 e. The molecule has 0 radical (unpaired) electrons. The number of carbonyl (C=O) groups excluding carboxylic acids is 1. The van der Waals surface area contributed by atoms with Crippen LogP contribution in [0, 0.1) is 0 Å². The van der Waals surface area contributed by atoms with Gasteiger partial charge in [-0.2, -0.15) is 5.10 Å². The number of hydrogen-bond donors (Lipinski definition) is 0. The predicted octanol–water partition coefficient (Wildman–Crippen LogP) is 1.57. The minimum absolute atomic E-state index is 0.0547. The third-order valence-electron chi connectivity index (χ3n) is 4.97. The molecule has 1 aliphatic rings. The first-order chi connectivity index (χ1) is 13.5. The number of benzene rings is 1. The molecule has 0 bridgehead atoms. The third-order valence-corrected chi connectivity index (χ3v) is 4.97. The molecule has 1 atom stereocenters. The van der Waals surface area contributed by atoms with E-state index in [0.717, 1.165) is 22.3 Å². The number of hydrogen-bond acceptors (Lipinski definition) is 6. The van der Waals surface area contributed by atoms with Crippen molar-refractivity contribution < 1.29 is 9.53 Å². The SMILES string of the molecule is CN(C)c1nccc(C2CN(C(=O)Cc3nn(C)c4ccccc34)CCO2)n1. The molecule has 8 heteroatoms. The summed E-state index contributed by atoms with van der Waals surface area (Å²) in [6.07, 6.45) is 1.75. The topological polar surface area (TPSA) is 76.4 Å². The average Bonchev–Trinajstić information content (AvgIpc) is 3.04. The molecule has 3 heterocycles. The van der Waals surface area contributed by atoms with E-state index in [4.69, 9.17) is 4.74 Å². The number of anilines is 1. The molecule has 1 unspecified atom stereocenters. The van der Waals surface area contributed by atoms with Gasteiger partial charge in [-0.05, 0) is 12.1 Å². The van der Waals surface area contributed by atoms with Gasteiger partial charge in [-0.15, -0.1) is 0 Å². The lowest BCUT2D eigenvalue weighted by molar-refractivity contribution is -0.138. The number of fused-ring (bicyclic) bond motifs is 1. The summed E-state index contributed by atoms with van der Waals surface area (Å²) < 4.78 is 7.70. The van der Waals surface area contributed by atoms with Crippen molar-refractivity contribution in [2.75, 3.05) is 38.7 Å². The van der Waals surface area contributed by atoms with E-state index in [0.29, 0.717) is 25.6 Å². The van der Waals surface area contributed by atoms with Gasteiger partial charge in [0, 0.05) is 39.3 Å². The van der Waals surface area contributed by atoms with Crippen LogP contribution >= 0.6 is 0 Å². The molecule has 2 aromatic heterocycles. The Morgan fingerprint density at radius 3 is 2.93 bits per heavy atom. The van der Waals surface area contributed by atoms with Crippen LogP contribution in [-0.4, -0.2) is 64.3 Å². The number of aryl methyl sites for hydroxylation is 1. The second-order valence-corrected chi connectivity index (χ2v) is 7.14. The van der Waals surface area contributed by atoms with Crippen LogP contribution in [-0.2, 0) is 23.0 Å². The van der Waals surface area contributed by atoms with E-state index in [1.807, 2.05) is 66.0 Å². The first-order valence-electron chi connectivity index (χ1n) is 9.33. The van der Waals surface area contributed by atoms with Gasteiger partial charge in [-0.1, -0.05) is 18.2 Å². The van der Waals surface area contributed by atoms with Gasteiger partial charge in [0.2, 0.25) is 11.9 Å². The van der Waals surface area contributed by atoms with E-state index in [-0.39, 0.29) is 18.4 Å². The van der Waals surface area contributed by atoms with Gasteiger partial charge < -0.3 is 14.5 Å². The number of rotatable bonds is 4. The van der Waals surface area contributed by atoms with Gasteiger partial charge in [0.25, 0.3) is 0 Å². The van der Waals surface area contributed by atoms with Crippen molar-refractivity contribution in [2.24, 2.45) is 7.05 Å². The number of carbonyl (C=O) groups is 1. The zero-order valence-corrected chi connectivity index (χ0v) is 16.4. The van der Waals surface area contributed by atoms with Crippen molar-refractivity contribution in [3.05, 3.63) is 47.9 Å². The van der Waals surface area contributed by atoms with Gasteiger partial charge in [0.1, 0.15) is 6.10 Å². The fraction of sp³-hybridized carbons (Fsp3) is 0.400. The lowest BCUT2D eigenvalue weighted by Gasteiger charge is -2.32. The van der Waals surface area contributed by atoms with Crippen LogP contribution in [0.3, 0.4) is 0 Å². The van der Waals surface area contributed by atoms with Crippen molar-refractivity contribution in [1.29, 1.82) is 0 Å². The van der Waals surface area contributed by atoms with Crippen LogP contribution < -0.4 is 4.90 Å². The minimum atomic E-state index is -0.250. The van der Waals surface area contributed by atoms with E-state index in [1.165, 1.54) is 0 Å². The average molecular weight is 380 g/mol. The lowest BCUT2D eigenvalue weighted by Crippen LogP contribution is -2.43. The summed E-state index contributed by atoms with van der Waals surface area (Å²) in [5, 5.41) is 5.57. The molecule has 3 aromatic rings. The van der Waals surface area contributed by atoms with E-state index < -0.39 is 0 Å². The van der Waals surface area contributed by atoms with E-state index in [1.54, 1.807) is 6.20 Å². The molecule has 28 heavy (non-hydrogen) atoms. The Morgan fingerprint density at radius 1 is 1.29 bits per heavy atom. The van der Waals surface area contributed by atoms with Crippen LogP contribution in [0.4, 0.5) is 5.95 Å². The number of nitrogens with zero attached hydrogens (tertiary/aromatic N) is 6. The molecule has 0 saturated carbocycles. The molecule has 1 aliphatic heterocycles. The summed E-state index contributed by atoms with van der Waals surface area (Å²) in [7, 11) is 5.69. The Balaban J connectivity index is 1.50. The van der Waals surface area contributed by atoms with Crippen LogP contribution in [0.25, 0.3) is 10.9 Å². The highest BCUT2D eigenvalue weighted by Crippen LogP contribution is 2.23. The van der Waals surface area contributed by atoms with Crippen molar-refractivity contribution in [3.8, 4) is 0 Å². The van der Waals surface area contributed by atoms with E-state index in [2.05, 4.69) is 15.1 Å². The standard InChI is InChI=1S/C20H24N6O2/c1-24(2)20-21-9-8-15(22-20)18-13-26(10-11-28-18)19(27)12-16-14-6-4-5-7-17(14)25(3)23-16/h4-9,18H,10-13H2,1-3H3. The molecule has 0 spiro atoms. The second-order valence-electron chi connectivity index (χ2n) is 7.14. The Kier molecular flexibility index (Phi) is 4.95. The molecular weight excluding hydrogens is 356 g/mol.